The highest BCUT2D eigenvalue weighted by Gasteiger charge is 2.74. The van der Waals surface area contributed by atoms with Crippen molar-refractivity contribution in [1.82, 2.24) is 0 Å². The molecule has 2 bridgehead atoms. The monoisotopic (exact) mass is 602 g/mol. The van der Waals surface area contributed by atoms with Crippen molar-refractivity contribution in [2.24, 2.45) is 22.2 Å². The van der Waals surface area contributed by atoms with E-state index < -0.39 is 50.6 Å². The normalized spacial score (nSPS) is 27.4. The van der Waals surface area contributed by atoms with Crippen LogP contribution in [-0.2, 0) is 14.4 Å². The Labute approximate surface area is 263 Å². The molecule has 2 fully saturated rings. The minimum Gasteiger partial charge on any atom is -0.506 e. The minimum atomic E-state index is -1.61. The van der Waals surface area contributed by atoms with Crippen LogP contribution in [0.3, 0.4) is 0 Å². The number of ketones is 3. The molecule has 2 aliphatic rings. The number of phenolic OH excluding ortho intramolecular Hbond substituents is 2. The van der Waals surface area contributed by atoms with E-state index in [0.29, 0.717) is 19.3 Å². The number of phenols is 2. The van der Waals surface area contributed by atoms with Gasteiger partial charge in [0.1, 0.15) is 16.7 Å². The summed E-state index contributed by atoms with van der Waals surface area (Å²) in [6.45, 7) is 17.8. The number of hydrogen-bond acceptors (Lipinski definition) is 6. The number of aliphatic hydroxyl groups is 1. The SMILES string of the molecule is CC(C)=CCC[C@@]1(C)[C@H](CC=C(C)C)C[C@@]2(CC=C(C)C)C(=O)C(=C(O)c3ccc(O)c(O)c3)C(=O)[C@]1(CC=C(C)C)C2=O. The smallest absolute Gasteiger partial charge is 0.184 e. The molecule has 2 aliphatic carbocycles. The summed E-state index contributed by atoms with van der Waals surface area (Å²) in [5.41, 5.74) is -0.210. The lowest BCUT2D eigenvalue weighted by atomic mass is 9.37. The van der Waals surface area contributed by atoms with E-state index in [1.54, 1.807) is 0 Å². The molecule has 0 saturated heterocycles. The summed E-state index contributed by atoms with van der Waals surface area (Å²) in [6, 6.07) is 3.67. The van der Waals surface area contributed by atoms with Crippen LogP contribution in [0.2, 0.25) is 0 Å². The van der Waals surface area contributed by atoms with Crippen molar-refractivity contribution in [2.45, 2.75) is 101 Å². The van der Waals surface area contributed by atoms with Gasteiger partial charge in [-0.3, -0.25) is 14.4 Å². The first-order valence-corrected chi connectivity index (χ1v) is 15.6. The number of allylic oxidation sites excluding steroid dienone is 9. The molecule has 0 amide bonds. The second-order valence-corrected chi connectivity index (χ2v) is 14.0. The minimum absolute atomic E-state index is 0.0199. The van der Waals surface area contributed by atoms with Gasteiger partial charge in [0.05, 0.1) is 5.41 Å². The molecule has 6 nitrogen and oxygen atoms in total. The second-order valence-electron chi connectivity index (χ2n) is 14.0. The van der Waals surface area contributed by atoms with E-state index in [1.807, 2.05) is 74.5 Å². The first kappa shape index (κ1) is 34.8. The van der Waals surface area contributed by atoms with Crippen LogP contribution >= 0.6 is 0 Å². The lowest BCUT2D eigenvalue weighted by Gasteiger charge is -2.61. The largest absolute Gasteiger partial charge is 0.506 e. The van der Waals surface area contributed by atoms with Gasteiger partial charge in [-0.2, -0.15) is 0 Å². The number of carbonyl (C=O) groups excluding carboxylic acids is 3. The number of aliphatic hydroxyl groups excluding tert-OH is 1. The molecule has 0 aromatic heterocycles. The van der Waals surface area contributed by atoms with E-state index in [1.165, 1.54) is 12.1 Å². The lowest BCUT2D eigenvalue weighted by molar-refractivity contribution is -0.178. The summed E-state index contributed by atoms with van der Waals surface area (Å²) in [5, 5.41) is 31.8. The van der Waals surface area contributed by atoms with Crippen LogP contribution in [0.5, 0.6) is 11.5 Å². The quantitative estimate of drug-likeness (QED) is 0.0616. The summed E-state index contributed by atoms with van der Waals surface area (Å²) in [6.07, 6.45) is 10.4. The predicted octanol–water partition coefficient (Wildman–Crippen LogP) is 8.90. The van der Waals surface area contributed by atoms with Gasteiger partial charge in [0, 0.05) is 5.56 Å². The molecule has 2 saturated carbocycles. The van der Waals surface area contributed by atoms with Crippen molar-refractivity contribution in [3.05, 3.63) is 75.9 Å². The van der Waals surface area contributed by atoms with E-state index in [-0.39, 0.29) is 36.5 Å². The summed E-state index contributed by atoms with van der Waals surface area (Å²) in [7, 11) is 0. The average molecular weight is 603 g/mol. The zero-order chi connectivity index (χ0) is 33.2. The van der Waals surface area contributed by atoms with Crippen molar-refractivity contribution < 1.29 is 29.7 Å². The number of rotatable bonds is 10. The maximum atomic E-state index is 15.2. The van der Waals surface area contributed by atoms with Crippen molar-refractivity contribution in [2.75, 3.05) is 0 Å². The Bertz CT molecular complexity index is 1480. The molecule has 6 heteroatoms. The molecule has 44 heavy (non-hydrogen) atoms. The number of aromatic hydroxyl groups is 2. The molecule has 0 aliphatic heterocycles. The Morgan fingerprint density at radius 2 is 1.36 bits per heavy atom. The Kier molecular flexibility index (Phi) is 10.4. The average Bonchev–Trinajstić information content (AvgIpc) is 2.92. The third-order valence-electron chi connectivity index (χ3n) is 9.76. The summed E-state index contributed by atoms with van der Waals surface area (Å²) >= 11 is 0. The van der Waals surface area contributed by atoms with Gasteiger partial charge in [0.15, 0.2) is 28.8 Å². The summed E-state index contributed by atoms with van der Waals surface area (Å²) in [4.78, 5) is 45.0. The van der Waals surface area contributed by atoms with Crippen LogP contribution < -0.4 is 0 Å². The standard InChI is InChI=1S/C38H50O6/c1-23(2)11-10-18-36(9)28(14-12-24(3)4)22-37(19-16-25(5)6)33(42)31(32(41)27-13-15-29(39)30(40)21-27)34(43)38(36,35(37)44)20-17-26(7)8/h11-13,15-17,21,28,39-41H,10,14,18-20,22H2,1-9H3/t28-,36+,37+,38-/m1/s1. The lowest BCUT2D eigenvalue weighted by Crippen LogP contribution is -2.70. The van der Waals surface area contributed by atoms with Crippen molar-refractivity contribution in [1.29, 1.82) is 0 Å². The highest BCUT2D eigenvalue weighted by atomic mass is 16.3. The van der Waals surface area contributed by atoms with Crippen LogP contribution in [-0.4, -0.2) is 32.7 Å². The first-order chi connectivity index (χ1) is 20.4. The Hall–Kier alpha value is -3.67. The second kappa shape index (κ2) is 13.1. The van der Waals surface area contributed by atoms with E-state index in [0.717, 1.165) is 28.4 Å². The molecule has 0 unspecified atom stereocenters. The van der Waals surface area contributed by atoms with Crippen LogP contribution in [0.15, 0.2) is 70.4 Å². The van der Waals surface area contributed by atoms with Gasteiger partial charge in [-0.1, -0.05) is 53.5 Å². The van der Waals surface area contributed by atoms with Crippen LogP contribution in [0.25, 0.3) is 5.76 Å². The number of benzene rings is 1. The van der Waals surface area contributed by atoms with Gasteiger partial charge in [0.25, 0.3) is 0 Å². The van der Waals surface area contributed by atoms with Gasteiger partial charge in [0.2, 0.25) is 0 Å². The van der Waals surface area contributed by atoms with Gasteiger partial charge < -0.3 is 15.3 Å². The zero-order valence-corrected chi connectivity index (χ0v) is 27.9. The highest BCUT2D eigenvalue weighted by Crippen LogP contribution is 2.67. The van der Waals surface area contributed by atoms with Crippen molar-refractivity contribution in [3.63, 3.8) is 0 Å². The van der Waals surface area contributed by atoms with Gasteiger partial charge in [-0.05, 0) is 123 Å². The van der Waals surface area contributed by atoms with E-state index >= 15 is 9.59 Å². The van der Waals surface area contributed by atoms with Crippen LogP contribution in [0.1, 0.15) is 106 Å². The number of Topliss-reactive ketones (excluding diaryl/α,β-unsaturated/α-hetero) is 3. The molecule has 0 spiro atoms. The Balaban J connectivity index is 2.51. The Morgan fingerprint density at radius 1 is 0.795 bits per heavy atom. The number of hydrogen-bond donors (Lipinski definition) is 3. The molecule has 1 aromatic carbocycles. The third-order valence-corrected chi connectivity index (χ3v) is 9.76. The van der Waals surface area contributed by atoms with E-state index in [9.17, 15) is 20.1 Å². The van der Waals surface area contributed by atoms with Gasteiger partial charge >= 0.3 is 0 Å². The number of fused-ring (bicyclic) bond motifs is 2. The summed E-state index contributed by atoms with van der Waals surface area (Å²) in [5.74, 6) is -3.32. The fourth-order valence-corrected chi connectivity index (χ4v) is 7.12. The van der Waals surface area contributed by atoms with Crippen molar-refractivity contribution >= 4 is 23.1 Å². The van der Waals surface area contributed by atoms with E-state index in [4.69, 9.17) is 0 Å². The third kappa shape index (κ3) is 6.13. The molecule has 4 atom stereocenters. The zero-order valence-electron chi connectivity index (χ0n) is 27.9. The van der Waals surface area contributed by atoms with E-state index in [2.05, 4.69) is 12.2 Å². The van der Waals surface area contributed by atoms with Crippen LogP contribution in [0.4, 0.5) is 0 Å². The summed E-state index contributed by atoms with van der Waals surface area (Å²) < 4.78 is 0. The molecular weight excluding hydrogens is 552 g/mol. The molecule has 3 N–H and O–H groups in total. The first-order valence-electron chi connectivity index (χ1n) is 15.6. The molecule has 0 radical (unpaired) electrons. The highest BCUT2D eigenvalue weighted by molar-refractivity contribution is 6.41. The molecule has 0 heterocycles. The number of carbonyl (C=O) groups is 3. The molecule has 3 rings (SSSR count). The predicted molar refractivity (Wildman–Crippen MR) is 176 cm³/mol. The van der Waals surface area contributed by atoms with Gasteiger partial charge in [-0.15, -0.1) is 0 Å². The fraction of sp³-hybridized carbons (Fsp3) is 0.500. The molecular formula is C38H50O6. The van der Waals surface area contributed by atoms with Crippen LogP contribution in [0, 0.1) is 22.2 Å². The molecule has 238 valence electrons. The Morgan fingerprint density at radius 3 is 1.91 bits per heavy atom. The fourth-order valence-electron chi connectivity index (χ4n) is 7.12. The molecule has 1 aromatic rings. The maximum Gasteiger partial charge on any atom is 0.184 e. The topological polar surface area (TPSA) is 112 Å². The van der Waals surface area contributed by atoms with Crippen molar-refractivity contribution in [3.8, 4) is 11.5 Å². The maximum absolute atomic E-state index is 15.2. The van der Waals surface area contributed by atoms with Gasteiger partial charge in [-0.25, -0.2) is 0 Å².